The molecular formula is C22H21Na3O8S. The van der Waals surface area contributed by atoms with Gasteiger partial charge in [-0.25, -0.2) is 8.42 Å². The quantitative estimate of drug-likeness (QED) is 0.173. The second-order valence-electron chi connectivity index (χ2n) is 6.18. The van der Waals surface area contributed by atoms with Gasteiger partial charge >= 0.3 is 88.7 Å². The Labute approximate surface area is 266 Å². The average Bonchev–Trinajstić information content (AvgIpc) is 2.69. The zero-order chi connectivity index (χ0) is 23.4. The minimum atomic E-state index is -5.19. The summed E-state index contributed by atoms with van der Waals surface area (Å²) < 4.78 is 36.2. The standard InChI is InChI=1S/C18H18O.C4H6O7S.3Na/c1-3-9-15-11-5-7-13-17(15)19-18-14-8-6-12-16(18)10-4-2;5-3(6)1-2(4(7)8)12(9,10)11;;;/h3-8,11-14H,1-2,9-10H2;2H,1H2,(H,5,6)(H,7,8)(H,9,10,11);;;/q;;3*+1/p-3. The number of rotatable bonds is 10. The Morgan fingerprint density at radius 3 is 1.50 bits per heavy atom. The maximum atomic E-state index is 10.0. The van der Waals surface area contributed by atoms with E-state index in [-0.39, 0.29) is 88.7 Å². The van der Waals surface area contributed by atoms with E-state index in [1.165, 1.54) is 0 Å². The number of para-hydroxylation sites is 2. The van der Waals surface area contributed by atoms with Crippen LogP contribution in [0.1, 0.15) is 17.5 Å². The summed E-state index contributed by atoms with van der Waals surface area (Å²) in [5.41, 5.74) is 2.29. The van der Waals surface area contributed by atoms with Crippen LogP contribution in [0.5, 0.6) is 11.5 Å². The monoisotopic (exact) mass is 514 g/mol. The van der Waals surface area contributed by atoms with E-state index >= 15 is 0 Å². The van der Waals surface area contributed by atoms with Gasteiger partial charge in [0.2, 0.25) is 0 Å². The molecule has 0 saturated heterocycles. The van der Waals surface area contributed by atoms with Gasteiger partial charge in [0.15, 0.2) is 0 Å². The van der Waals surface area contributed by atoms with Crippen molar-refractivity contribution in [2.45, 2.75) is 24.5 Å². The molecule has 0 radical (unpaired) electrons. The predicted molar refractivity (Wildman–Crippen MR) is 109 cm³/mol. The predicted octanol–water partition coefficient (Wildman–Crippen LogP) is -8.26. The molecule has 1 atom stereocenters. The largest absolute Gasteiger partial charge is 1.00 e. The fourth-order valence-electron chi connectivity index (χ4n) is 2.43. The average molecular weight is 514 g/mol. The van der Waals surface area contributed by atoms with Gasteiger partial charge in [-0.2, -0.15) is 0 Å². The summed E-state index contributed by atoms with van der Waals surface area (Å²) in [7, 11) is -5.19. The van der Waals surface area contributed by atoms with Crippen LogP contribution in [0.2, 0.25) is 0 Å². The number of carboxylic acids is 2. The van der Waals surface area contributed by atoms with E-state index in [1.54, 1.807) is 0 Å². The number of carbonyl (C=O) groups excluding carboxylic acids is 2. The number of aliphatic carboxylic acids is 2. The van der Waals surface area contributed by atoms with E-state index in [9.17, 15) is 32.8 Å². The zero-order valence-corrected chi connectivity index (χ0v) is 26.4. The normalized spacial score (nSPS) is 10.4. The summed E-state index contributed by atoms with van der Waals surface area (Å²) in [6, 6.07) is 16.1. The van der Waals surface area contributed by atoms with Crippen LogP contribution in [0.4, 0.5) is 0 Å². The van der Waals surface area contributed by atoms with Crippen molar-refractivity contribution in [3.05, 3.63) is 85.0 Å². The number of benzene rings is 2. The van der Waals surface area contributed by atoms with E-state index in [4.69, 9.17) is 4.74 Å². The summed E-state index contributed by atoms with van der Waals surface area (Å²) in [6.45, 7) is 7.56. The molecule has 2 aromatic rings. The molecule has 0 bridgehead atoms. The molecule has 0 N–H and O–H groups in total. The van der Waals surface area contributed by atoms with Crippen molar-refractivity contribution in [2.75, 3.05) is 0 Å². The molecule has 2 aromatic carbocycles. The molecule has 0 aromatic heterocycles. The Morgan fingerprint density at radius 1 is 0.853 bits per heavy atom. The van der Waals surface area contributed by atoms with Gasteiger partial charge in [0.05, 0.1) is 11.2 Å². The van der Waals surface area contributed by atoms with Crippen molar-refractivity contribution in [2.24, 2.45) is 0 Å². The van der Waals surface area contributed by atoms with Crippen LogP contribution < -0.4 is 104 Å². The maximum absolute atomic E-state index is 10.0. The molecule has 1 unspecified atom stereocenters. The van der Waals surface area contributed by atoms with E-state index in [0.717, 1.165) is 35.5 Å². The summed E-state index contributed by atoms with van der Waals surface area (Å²) in [5.74, 6) is -2.41. The Morgan fingerprint density at radius 2 is 1.24 bits per heavy atom. The second kappa shape index (κ2) is 19.7. The Hall–Kier alpha value is -0.430. The van der Waals surface area contributed by atoms with Crippen LogP contribution in [-0.2, 0) is 32.5 Å². The number of ether oxygens (including phenoxy) is 1. The van der Waals surface area contributed by atoms with Crippen LogP contribution in [0.3, 0.4) is 0 Å². The van der Waals surface area contributed by atoms with Crippen molar-refractivity contribution in [1.29, 1.82) is 0 Å². The molecule has 0 aliphatic heterocycles. The molecular weight excluding hydrogens is 493 g/mol. The van der Waals surface area contributed by atoms with Gasteiger partial charge in [0.25, 0.3) is 0 Å². The molecule has 0 saturated carbocycles. The third-order valence-corrected chi connectivity index (χ3v) is 4.91. The number of hydrogen-bond donors (Lipinski definition) is 0. The smallest absolute Gasteiger partial charge is 0.747 e. The number of hydrogen-bond acceptors (Lipinski definition) is 8. The third kappa shape index (κ3) is 14.2. The zero-order valence-electron chi connectivity index (χ0n) is 19.6. The van der Waals surface area contributed by atoms with Gasteiger partial charge in [-0.15, -0.1) is 13.2 Å². The minimum Gasteiger partial charge on any atom is -0.747 e. The molecule has 0 amide bonds. The van der Waals surface area contributed by atoms with E-state index in [0.29, 0.717) is 0 Å². The van der Waals surface area contributed by atoms with Crippen LogP contribution in [0.15, 0.2) is 73.8 Å². The fourth-order valence-corrected chi connectivity index (χ4v) is 3.00. The Kier molecular flexibility index (Phi) is 22.1. The van der Waals surface area contributed by atoms with Crippen LogP contribution in [0.25, 0.3) is 0 Å². The third-order valence-electron chi connectivity index (χ3n) is 3.86. The topological polar surface area (TPSA) is 147 Å². The summed E-state index contributed by atoms with van der Waals surface area (Å²) in [5, 5.41) is 17.1. The first-order valence-electron chi connectivity index (χ1n) is 9.01. The van der Waals surface area contributed by atoms with Crippen molar-refractivity contribution >= 4 is 22.1 Å². The number of carbonyl (C=O) groups is 2. The van der Waals surface area contributed by atoms with E-state index in [2.05, 4.69) is 25.3 Å². The number of carboxylic acid groups (broad SMARTS) is 2. The number of allylic oxidation sites excluding steroid dienone is 2. The van der Waals surface area contributed by atoms with E-state index < -0.39 is 33.7 Å². The van der Waals surface area contributed by atoms with Crippen molar-refractivity contribution < 1.29 is 126 Å². The molecule has 8 nitrogen and oxygen atoms in total. The van der Waals surface area contributed by atoms with Gasteiger partial charge in [0, 0.05) is 12.4 Å². The van der Waals surface area contributed by atoms with Crippen LogP contribution in [0, 0.1) is 0 Å². The molecule has 0 spiro atoms. The molecule has 166 valence electrons. The first-order chi connectivity index (χ1) is 14.6. The van der Waals surface area contributed by atoms with Gasteiger partial charge < -0.3 is 29.1 Å². The molecule has 0 heterocycles. The van der Waals surface area contributed by atoms with Crippen molar-refractivity contribution in [3.8, 4) is 11.5 Å². The molecule has 0 fully saturated rings. The maximum Gasteiger partial charge on any atom is 1.00 e. The van der Waals surface area contributed by atoms with E-state index in [1.807, 2.05) is 48.6 Å². The summed E-state index contributed by atoms with van der Waals surface area (Å²) >= 11 is 0. The molecule has 2 rings (SSSR count). The Bertz CT molecular complexity index is 990. The molecule has 34 heavy (non-hydrogen) atoms. The SMILES string of the molecule is C=CCc1ccccc1Oc1ccccc1CC=C.O=C([O-])CC(C(=O)[O-])S(=O)(=O)[O-].[Na+].[Na+].[Na+]. The summed E-state index contributed by atoms with van der Waals surface area (Å²) in [6.07, 6.45) is 3.99. The second-order valence-corrected chi connectivity index (χ2v) is 7.73. The first kappa shape index (κ1) is 38.1. The molecule has 0 aliphatic rings. The first-order valence-corrected chi connectivity index (χ1v) is 10.5. The van der Waals surface area contributed by atoms with Crippen LogP contribution >= 0.6 is 0 Å². The Balaban J connectivity index is -0.000000568. The van der Waals surface area contributed by atoms with Gasteiger partial charge in [0.1, 0.15) is 21.6 Å². The molecule has 0 aliphatic carbocycles. The van der Waals surface area contributed by atoms with Gasteiger partial charge in [-0.3, -0.25) is 0 Å². The fraction of sp³-hybridized carbons (Fsp3) is 0.182. The summed E-state index contributed by atoms with van der Waals surface area (Å²) in [4.78, 5) is 19.7. The van der Waals surface area contributed by atoms with Crippen molar-refractivity contribution in [3.63, 3.8) is 0 Å². The minimum absolute atomic E-state index is 0. The van der Waals surface area contributed by atoms with Gasteiger partial charge in [-0.05, 0) is 36.1 Å². The van der Waals surface area contributed by atoms with Gasteiger partial charge in [-0.1, -0.05) is 48.6 Å². The molecule has 12 heteroatoms. The van der Waals surface area contributed by atoms with Crippen molar-refractivity contribution in [1.82, 2.24) is 0 Å². The van der Waals surface area contributed by atoms with Crippen LogP contribution in [-0.4, -0.2) is 30.2 Å².